The molecule has 7 heteroatoms. The van der Waals surface area contributed by atoms with Crippen molar-refractivity contribution in [3.8, 4) is 0 Å². The molecule has 0 spiro atoms. The Bertz CT molecular complexity index is 757. The molecule has 1 fully saturated rings. The average molecular weight is 333 g/mol. The zero-order valence-corrected chi connectivity index (χ0v) is 13.5. The van der Waals surface area contributed by atoms with E-state index in [2.05, 4.69) is 5.10 Å². The molecular formula is C16H19N3O3S. The van der Waals surface area contributed by atoms with Crippen molar-refractivity contribution >= 4 is 15.7 Å². The summed E-state index contributed by atoms with van der Waals surface area (Å²) >= 11 is 0. The Morgan fingerprint density at radius 3 is 2.70 bits per heavy atom. The Kier molecular flexibility index (Phi) is 4.47. The van der Waals surface area contributed by atoms with Crippen molar-refractivity contribution in [3.05, 3.63) is 48.8 Å². The Morgan fingerprint density at radius 2 is 2.00 bits per heavy atom. The second-order valence-electron chi connectivity index (χ2n) is 5.68. The second kappa shape index (κ2) is 6.54. The van der Waals surface area contributed by atoms with E-state index in [0.717, 1.165) is 12.8 Å². The molecule has 0 radical (unpaired) electrons. The highest BCUT2D eigenvalue weighted by atomic mass is 32.2. The number of amides is 1. The minimum atomic E-state index is -3.39. The van der Waals surface area contributed by atoms with Crippen LogP contribution < -0.4 is 0 Å². The van der Waals surface area contributed by atoms with Crippen molar-refractivity contribution in [1.82, 2.24) is 14.7 Å². The van der Waals surface area contributed by atoms with Gasteiger partial charge in [-0.2, -0.15) is 5.10 Å². The van der Waals surface area contributed by atoms with Crippen molar-refractivity contribution in [3.63, 3.8) is 0 Å². The molecule has 2 heterocycles. The maximum Gasteiger partial charge on any atom is 0.244 e. The largest absolute Gasteiger partial charge is 0.337 e. The van der Waals surface area contributed by atoms with Crippen LogP contribution in [-0.2, 0) is 21.2 Å². The smallest absolute Gasteiger partial charge is 0.244 e. The van der Waals surface area contributed by atoms with Gasteiger partial charge >= 0.3 is 0 Å². The zero-order chi connectivity index (χ0) is 16.3. The lowest BCUT2D eigenvalue weighted by molar-refractivity contribution is -0.132. The van der Waals surface area contributed by atoms with Crippen LogP contribution in [0.2, 0.25) is 0 Å². The van der Waals surface area contributed by atoms with Crippen LogP contribution in [0.5, 0.6) is 0 Å². The Morgan fingerprint density at radius 1 is 1.22 bits per heavy atom. The highest BCUT2D eigenvalue weighted by molar-refractivity contribution is 7.91. The van der Waals surface area contributed by atoms with Gasteiger partial charge in [0.15, 0.2) is 9.84 Å². The number of nitrogens with zero attached hydrogens (tertiary/aromatic N) is 3. The monoisotopic (exact) mass is 333 g/mol. The molecule has 3 rings (SSSR count). The maximum atomic E-state index is 12.5. The molecule has 0 N–H and O–H groups in total. The molecule has 1 aromatic heterocycles. The molecule has 6 nitrogen and oxygen atoms in total. The average Bonchev–Trinajstić information content (AvgIpc) is 3.19. The lowest BCUT2D eigenvalue weighted by Crippen LogP contribution is -2.41. The van der Waals surface area contributed by atoms with Gasteiger partial charge in [-0.05, 0) is 31.0 Å². The normalized spacial score (nSPS) is 18.3. The molecule has 1 atom stereocenters. The van der Waals surface area contributed by atoms with Gasteiger partial charge in [0.2, 0.25) is 5.91 Å². The summed E-state index contributed by atoms with van der Waals surface area (Å²) in [6, 6.07) is 9.90. The van der Waals surface area contributed by atoms with E-state index in [1.165, 1.54) is 0 Å². The zero-order valence-electron chi connectivity index (χ0n) is 12.7. The third-order valence-corrected chi connectivity index (χ3v) is 5.88. The van der Waals surface area contributed by atoms with Crippen molar-refractivity contribution in [2.24, 2.45) is 0 Å². The maximum absolute atomic E-state index is 12.5. The van der Waals surface area contributed by atoms with Gasteiger partial charge in [-0.1, -0.05) is 18.2 Å². The van der Waals surface area contributed by atoms with Gasteiger partial charge in [0.1, 0.15) is 6.54 Å². The number of hydrogen-bond acceptors (Lipinski definition) is 4. The number of carbonyl (C=O) groups is 1. The van der Waals surface area contributed by atoms with Gasteiger partial charge in [-0.3, -0.25) is 9.48 Å². The van der Waals surface area contributed by atoms with Crippen molar-refractivity contribution in [2.75, 3.05) is 12.3 Å². The fourth-order valence-corrected chi connectivity index (χ4v) is 4.56. The molecule has 1 amide bonds. The first kappa shape index (κ1) is 15.7. The summed E-state index contributed by atoms with van der Waals surface area (Å²) in [4.78, 5) is 14.4. The number of hydrogen-bond donors (Lipinski definition) is 0. The molecule has 23 heavy (non-hydrogen) atoms. The molecule has 0 aliphatic carbocycles. The molecule has 1 aliphatic heterocycles. The van der Waals surface area contributed by atoms with Crippen molar-refractivity contribution < 1.29 is 13.2 Å². The summed E-state index contributed by atoms with van der Waals surface area (Å²) in [6.07, 6.45) is 4.90. The Hall–Kier alpha value is -2.15. The second-order valence-corrected chi connectivity index (χ2v) is 7.72. The van der Waals surface area contributed by atoms with Crippen LogP contribution in [0.3, 0.4) is 0 Å². The third kappa shape index (κ3) is 3.61. The molecule has 0 saturated carbocycles. The summed E-state index contributed by atoms with van der Waals surface area (Å²) in [7, 11) is -3.39. The standard InChI is InChI=1S/C16H19N3O3S/c20-16(12-18-10-5-9-17-18)19-11-4-6-14(19)13-23(21,22)15-7-2-1-3-8-15/h1-3,5,7-10,14H,4,6,11-13H2. The van der Waals surface area contributed by atoms with E-state index in [1.807, 2.05) is 0 Å². The van der Waals surface area contributed by atoms with E-state index in [9.17, 15) is 13.2 Å². The van der Waals surface area contributed by atoms with E-state index in [1.54, 1.807) is 58.4 Å². The number of rotatable bonds is 5. The number of benzene rings is 1. The topological polar surface area (TPSA) is 72.3 Å². The van der Waals surface area contributed by atoms with Crippen LogP contribution in [-0.4, -0.2) is 47.3 Å². The van der Waals surface area contributed by atoms with Crippen LogP contribution in [0.1, 0.15) is 12.8 Å². The summed E-state index contributed by atoms with van der Waals surface area (Å²) in [5, 5.41) is 4.03. The predicted molar refractivity (Wildman–Crippen MR) is 85.5 cm³/mol. The van der Waals surface area contributed by atoms with E-state index < -0.39 is 9.84 Å². The fourth-order valence-electron chi connectivity index (χ4n) is 2.94. The summed E-state index contributed by atoms with van der Waals surface area (Å²) < 4.78 is 26.6. The first-order valence-corrected chi connectivity index (χ1v) is 9.26. The Labute approximate surface area is 135 Å². The quantitative estimate of drug-likeness (QED) is 0.828. The highest BCUT2D eigenvalue weighted by Crippen LogP contribution is 2.22. The molecule has 1 unspecified atom stereocenters. The van der Waals surface area contributed by atoms with Crippen LogP contribution >= 0.6 is 0 Å². The number of sulfone groups is 1. The minimum absolute atomic E-state index is 0.0259. The first-order valence-electron chi connectivity index (χ1n) is 7.61. The van der Waals surface area contributed by atoms with Crippen LogP contribution in [0.25, 0.3) is 0 Å². The SMILES string of the molecule is O=C(Cn1cccn1)N1CCCC1CS(=O)(=O)c1ccccc1. The third-order valence-electron chi connectivity index (χ3n) is 4.07. The lowest BCUT2D eigenvalue weighted by atomic mass is 10.2. The number of carbonyl (C=O) groups excluding carboxylic acids is 1. The minimum Gasteiger partial charge on any atom is -0.337 e. The van der Waals surface area contributed by atoms with Gasteiger partial charge in [-0.25, -0.2) is 8.42 Å². The van der Waals surface area contributed by atoms with E-state index in [0.29, 0.717) is 11.4 Å². The molecule has 0 bridgehead atoms. The van der Waals surface area contributed by atoms with Crippen molar-refractivity contribution in [2.45, 2.75) is 30.3 Å². The molecule has 122 valence electrons. The summed E-state index contributed by atoms with van der Waals surface area (Å²) in [5.41, 5.74) is 0. The Balaban J connectivity index is 1.71. The van der Waals surface area contributed by atoms with E-state index >= 15 is 0 Å². The van der Waals surface area contributed by atoms with Crippen LogP contribution in [0, 0.1) is 0 Å². The number of aromatic nitrogens is 2. The van der Waals surface area contributed by atoms with Gasteiger partial charge < -0.3 is 4.90 Å². The molecule has 1 saturated heterocycles. The number of likely N-dealkylation sites (tertiary alicyclic amines) is 1. The summed E-state index contributed by atoms with van der Waals surface area (Å²) in [6.45, 7) is 0.754. The molecular weight excluding hydrogens is 314 g/mol. The molecule has 2 aromatic rings. The summed E-state index contributed by atoms with van der Waals surface area (Å²) in [5.74, 6) is -0.110. The van der Waals surface area contributed by atoms with Gasteiger partial charge in [0.05, 0.1) is 10.6 Å². The fraction of sp³-hybridized carbons (Fsp3) is 0.375. The molecule has 1 aliphatic rings. The van der Waals surface area contributed by atoms with E-state index in [4.69, 9.17) is 0 Å². The van der Waals surface area contributed by atoms with Gasteiger partial charge in [0, 0.05) is 25.0 Å². The van der Waals surface area contributed by atoms with Crippen molar-refractivity contribution in [1.29, 1.82) is 0 Å². The highest BCUT2D eigenvalue weighted by Gasteiger charge is 2.33. The van der Waals surface area contributed by atoms with E-state index in [-0.39, 0.29) is 24.2 Å². The predicted octanol–water partition coefficient (Wildman–Crippen LogP) is 1.35. The van der Waals surface area contributed by atoms with Gasteiger partial charge in [-0.15, -0.1) is 0 Å². The molecule has 1 aromatic carbocycles. The van der Waals surface area contributed by atoms with Crippen LogP contribution in [0.15, 0.2) is 53.7 Å². The van der Waals surface area contributed by atoms with Gasteiger partial charge in [0.25, 0.3) is 0 Å². The van der Waals surface area contributed by atoms with Crippen LogP contribution in [0.4, 0.5) is 0 Å². The lowest BCUT2D eigenvalue weighted by Gasteiger charge is -2.24. The first-order chi connectivity index (χ1) is 11.1.